The van der Waals surface area contributed by atoms with E-state index in [-0.39, 0.29) is 11.8 Å². The molecule has 0 aliphatic rings. The van der Waals surface area contributed by atoms with Crippen LogP contribution in [-0.2, 0) is 20.7 Å². The summed E-state index contributed by atoms with van der Waals surface area (Å²) < 4.78 is 5.11. The largest absolute Gasteiger partial charge is 0.449 e. The van der Waals surface area contributed by atoms with Gasteiger partial charge in [-0.05, 0) is 41.2 Å². The molecule has 0 spiro atoms. The predicted octanol–water partition coefficient (Wildman–Crippen LogP) is 2.74. The summed E-state index contributed by atoms with van der Waals surface area (Å²) in [6.45, 7) is 4.24. The van der Waals surface area contributed by atoms with Crippen molar-refractivity contribution < 1.29 is 24.2 Å². The van der Waals surface area contributed by atoms with Crippen LogP contribution in [0.25, 0.3) is 0 Å². The van der Waals surface area contributed by atoms with Gasteiger partial charge < -0.3 is 20.5 Å². The Morgan fingerprint density at radius 3 is 2.19 bits per heavy atom. The van der Waals surface area contributed by atoms with Crippen molar-refractivity contribution in [1.82, 2.24) is 10.6 Å². The number of nitrogens with one attached hydrogen (secondary N) is 3. The third-order valence-corrected chi connectivity index (χ3v) is 4.87. The molecule has 32 heavy (non-hydrogen) atoms. The van der Waals surface area contributed by atoms with E-state index >= 15 is 0 Å². The highest BCUT2D eigenvalue weighted by Crippen LogP contribution is 2.25. The van der Waals surface area contributed by atoms with E-state index in [0.717, 1.165) is 11.1 Å². The van der Waals surface area contributed by atoms with Crippen LogP contribution >= 0.6 is 0 Å². The van der Waals surface area contributed by atoms with E-state index < -0.39 is 24.0 Å². The Hall–Kier alpha value is -3.39. The zero-order chi connectivity index (χ0) is 23.7. The van der Waals surface area contributed by atoms with Gasteiger partial charge in [0.05, 0.1) is 12.5 Å². The van der Waals surface area contributed by atoms with Crippen molar-refractivity contribution in [3.8, 4) is 0 Å². The van der Waals surface area contributed by atoms with Gasteiger partial charge in [-0.15, -0.1) is 0 Å². The van der Waals surface area contributed by atoms with Crippen LogP contribution < -0.4 is 16.0 Å². The van der Waals surface area contributed by atoms with Gasteiger partial charge in [0.1, 0.15) is 0 Å². The molecule has 8 nitrogen and oxygen atoms in total. The van der Waals surface area contributed by atoms with Crippen LogP contribution in [0, 0.1) is 5.92 Å². The number of carbonyl (C=O) groups is 3. The first-order valence-electron chi connectivity index (χ1n) is 10.5. The minimum Gasteiger partial charge on any atom is -0.449 e. The Morgan fingerprint density at radius 1 is 0.938 bits per heavy atom. The van der Waals surface area contributed by atoms with Crippen molar-refractivity contribution in [2.24, 2.45) is 5.92 Å². The molecule has 2 rings (SSSR count). The molecule has 0 aromatic heterocycles. The first-order chi connectivity index (χ1) is 15.2. The van der Waals surface area contributed by atoms with E-state index in [1.165, 1.54) is 7.05 Å². The lowest BCUT2D eigenvalue weighted by molar-refractivity contribution is -0.129. The first kappa shape index (κ1) is 24.9. The summed E-state index contributed by atoms with van der Waals surface area (Å²) in [6.07, 6.45) is -1.43. The number of hydrogen-bond donors (Lipinski definition) is 4. The third kappa shape index (κ3) is 7.09. The number of aliphatic hydroxyl groups excluding tert-OH is 1. The molecule has 1 unspecified atom stereocenters. The molecule has 2 atom stereocenters. The highest BCUT2D eigenvalue weighted by molar-refractivity contribution is 5.86. The Kier molecular flexibility index (Phi) is 9.22. The lowest BCUT2D eigenvalue weighted by Crippen LogP contribution is -2.27. The summed E-state index contributed by atoms with van der Waals surface area (Å²) in [7, 11) is 3.03. The lowest BCUT2D eigenvalue weighted by Gasteiger charge is -2.18. The standard InChI is InChI=1S/C24H31N3O5/c1-15(2)14-32-24(31)27-19-10-8-17(9-11-19)20(22(29)25-3)13-16-6-5-7-18(12-16)21(28)23(30)26-4/h5-12,15,20-21,28H,13-14H2,1-4H3,(H,25,29)(H,26,30)(H,27,31)/t20?,21-/m1/s1. The van der Waals surface area contributed by atoms with Crippen molar-refractivity contribution in [3.05, 3.63) is 65.2 Å². The molecule has 3 amide bonds. The molecule has 0 radical (unpaired) electrons. The molecule has 0 heterocycles. The summed E-state index contributed by atoms with van der Waals surface area (Å²) in [6, 6.07) is 14.0. The number of likely N-dealkylation sites (N-methyl/N-ethyl adjacent to an activating group) is 2. The summed E-state index contributed by atoms with van der Waals surface area (Å²) in [5.41, 5.74) is 2.59. The van der Waals surface area contributed by atoms with Crippen molar-refractivity contribution >= 4 is 23.6 Å². The Bertz CT molecular complexity index is 927. The van der Waals surface area contributed by atoms with Gasteiger partial charge in [0.25, 0.3) is 5.91 Å². The van der Waals surface area contributed by atoms with Gasteiger partial charge >= 0.3 is 6.09 Å². The molecule has 8 heteroatoms. The third-order valence-electron chi connectivity index (χ3n) is 4.87. The van der Waals surface area contributed by atoms with Gasteiger partial charge in [-0.2, -0.15) is 0 Å². The summed E-state index contributed by atoms with van der Waals surface area (Å²) in [5, 5.41) is 17.9. The van der Waals surface area contributed by atoms with Crippen molar-refractivity contribution in [2.45, 2.75) is 32.3 Å². The molecule has 2 aromatic carbocycles. The van der Waals surface area contributed by atoms with Crippen molar-refractivity contribution in [1.29, 1.82) is 0 Å². The number of carbonyl (C=O) groups excluding carboxylic acids is 3. The number of aliphatic hydroxyl groups is 1. The van der Waals surface area contributed by atoms with Crippen LogP contribution in [0.4, 0.5) is 10.5 Å². The minimum absolute atomic E-state index is 0.167. The highest BCUT2D eigenvalue weighted by Gasteiger charge is 2.22. The first-order valence-corrected chi connectivity index (χ1v) is 10.5. The van der Waals surface area contributed by atoms with Crippen LogP contribution in [0.15, 0.2) is 48.5 Å². The Balaban J connectivity index is 2.16. The smallest absolute Gasteiger partial charge is 0.411 e. The van der Waals surface area contributed by atoms with Crippen LogP contribution in [0.1, 0.15) is 42.6 Å². The van der Waals surface area contributed by atoms with E-state index in [1.807, 2.05) is 19.9 Å². The monoisotopic (exact) mass is 441 g/mol. The van der Waals surface area contributed by atoms with E-state index in [1.54, 1.807) is 49.5 Å². The predicted molar refractivity (Wildman–Crippen MR) is 122 cm³/mol. The van der Waals surface area contributed by atoms with Gasteiger partial charge in [-0.3, -0.25) is 14.9 Å². The number of ether oxygens (including phenoxy) is 1. The fourth-order valence-electron chi connectivity index (χ4n) is 3.15. The summed E-state index contributed by atoms with van der Waals surface area (Å²) in [4.78, 5) is 36.2. The van der Waals surface area contributed by atoms with Gasteiger partial charge in [0.15, 0.2) is 6.10 Å². The second kappa shape index (κ2) is 11.9. The fraction of sp³-hybridized carbons (Fsp3) is 0.375. The quantitative estimate of drug-likeness (QED) is 0.477. The Labute approximate surface area is 188 Å². The van der Waals surface area contributed by atoms with E-state index in [2.05, 4.69) is 16.0 Å². The average molecular weight is 442 g/mol. The van der Waals surface area contributed by atoms with Crippen molar-refractivity contribution in [2.75, 3.05) is 26.0 Å². The molecule has 2 aromatic rings. The molecular formula is C24H31N3O5. The zero-order valence-corrected chi connectivity index (χ0v) is 18.8. The van der Waals surface area contributed by atoms with Gasteiger partial charge in [0, 0.05) is 19.8 Å². The van der Waals surface area contributed by atoms with Crippen LogP contribution in [0.5, 0.6) is 0 Å². The average Bonchev–Trinajstić information content (AvgIpc) is 2.80. The summed E-state index contributed by atoms with van der Waals surface area (Å²) in [5.74, 6) is -0.916. The zero-order valence-electron chi connectivity index (χ0n) is 18.8. The maximum Gasteiger partial charge on any atom is 0.411 e. The number of benzene rings is 2. The minimum atomic E-state index is -1.28. The Morgan fingerprint density at radius 2 is 1.59 bits per heavy atom. The molecule has 0 saturated carbocycles. The maximum atomic E-state index is 12.6. The second-order valence-corrected chi connectivity index (χ2v) is 7.87. The van der Waals surface area contributed by atoms with Gasteiger partial charge in [-0.1, -0.05) is 50.2 Å². The van der Waals surface area contributed by atoms with Gasteiger partial charge in [-0.25, -0.2) is 4.79 Å². The number of amides is 3. The van der Waals surface area contributed by atoms with E-state index in [0.29, 0.717) is 24.3 Å². The molecular weight excluding hydrogens is 410 g/mol. The van der Waals surface area contributed by atoms with Crippen molar-refractivity contribution in [3.63, 3.8) is 0 Å². The van der Waals surface area contributed by atoms with Crippen LogP contribution in [0.3, 0.4) is 0 Å². The van der Waals surface area contributed by atoms with Crippen LogP contribution in [0.2, 0.25) is 0 Å². The van der Waals surface area contributed by atoms with Gasteiger partial charge in [0.2, 0.25) is 5.91 Å². The summed E-state index contributed by atoms with van der Waals surface area (Å²) >= 11 is 0. The fourth-order valence-corrected chi connectivity index (χ4v) is 3.15. The highest BCUT2D eigenvalue weighted by atomic mass is 16.5. The topological polar surface area (TPSA) is 117 Å². The van der Waals surface area contributed by atoms with E-state index in [4.69, 9.17) is 4.74 Å². The number of rotatable bonds is 9. The van der Waals surface area contributed by atoms with Crippen LogP contribution in [-0.4, -0.2) is 43.7 Å². The van der Waals surface area contributed by atoms with E-state index in [9.17, 15) is 19.5 Å². The normalized spacial score (nSPS) is 12.6. The second-order valence-electron chi connectivity index (χ2n) is 7.87. The molecule has 0 aliphatic heterocycles. The maximum absolute atomic E-state index is 12.6. The number of anilines is 1. The number of hydrogen-bond acceptors (Lipinski definition) is 5. The molecule has 0 fully saturated rings. The molecule has 0 saturated heterocycles. The lowest BCUT2D eigenvalue weighted by atomic mass is 9.90. The SMILES string of the molecule is CNC(=O)C(Cc1cccc([C@@H](O)C(=O)NC)c1)c1ccc(NC(=O)OCC(C)C)cc1. The molecule has 0 bridgehead atoms. The molecule has 4 N–H and O–H groups in total. The molecule has 172 valence electrons. The molecule has 0 aliphatic carbocycles.